The first-order valence-corrected chi connectivity index (χ1v) is 12.0. The Morgan fingerprint density at radius 2 is 1.73 bits per heavy atom. The molecule has 1 aliphatic rings. The van der Waals surface area contributed by atoms with Gasteiger partial charge in [-0.1, -0.05) is 72.4 Å². The van der Waals surface area contributed by atoms with Gasteiger partial charge >= 0.3 is 5.88 Å². The number of benzene rings is 2. The van der Waals surface area contributed by atoms with Gasteiger partial charge in [0.15, 0.2) is 5.16 Å². The van der Waals surface area contributed by atoms with Crippen LogP contribution in [0.1, 0.15) is 19.3 Å². The van der Waals surface area contributed by atoms with Crippen LogP contribution in [-0.2, 0) is 0 Å². The van der Waals surface area contributed by atoms with Gasteiger partial charge < -0.3 is 10.1 Å². The molecule has 0 amide bonds. The summed E-state index contributed by atoms with van der Waals surface area (Å²) in [5.74, 6) is 0.0434. The molecule has 1 fully saturated rings. The van der Waals surface area contributed by atoms with Crippen molar-refractivity contribution in [2.24, 2.45) is 4.99 Å². The van der Waals surface area contributed by atoms with Crippen molar-refractivity contribution in [3.63, 3.8) is 0 Å². The zero-order chi connectivity index (χ0) is 22.5. The number of piperidine rings is 1. The molecule has 1 N–H and O–H groups in total. The minimum Gasteiger partial charge on any atom is -0.861 e. The fourth-order valence-corrected chi connectivity index (χ4v) is 4.47. The smallest absolute Gasteiger partial charge is 0.324 e. The molecule has 0 unspecified atom stereocenters. The third-order valence-electron chi connectivity index (χ3n) is 5.43. The molecule has 1 aliphatic heterocycles. The predicted octanol–water partition coefficient (Wildman–Crippen LogP) is 3.32. The van der Waals surface area contributed by atoms with Gasteiger partial charge in [-0.25, -0.2) is 9.98 Å². The molecular formula is C24H24N6O2S. The summed E-state index contributed by atoms with van der Waals surface area (Å²) in [6, 6.07) is 20.1. The molecule has 8 nitrogen and oxygen atoms in total. The van der Waals surface area contributed by atoms with Gasteiger partial charge in [0, 0.05) is 16.9 Å². The third-order valence-corrected chi connectivity index (χ3v) is 6.28. The summed E-state index contributed by atoms with van der Waals surface area (Å²) in [6.45, 7) is 1.85. The van der Waals surface area contributed by atoms with E-state index in [4.69, 9.17) is 9.51 Å². The average molecular weight is 461 g/mol. The minimum atomic E-state index is -0.305. The Morgan fingerprint density at radius 3 is 2.45 bits per heavy atom. The van der Waals surface area contributed by atoms with Crippen LogP contribution in [0.4, 0.5) is 5.88 Å². The number of thioether (sulfide) groups is 1. The van der Waals surface area contributed by atoms with E-state index >= 15 is 0 Å². The quantitative estimate of drug-likeness (QED) is 0.197. The van der Waals surface area contributed by atoms with Crippen molar-refractivity contribution in [2.75, 3.05) is 23.9 Å². The molecule has 5 rings (SSSR count). The number of H-pyrrole nitrogens is 1. The first-order valence-electron chi connectivity index (χ1n) is 11.0. The SMILES string of the molecule is [O-]/C(CSc1nc(-c2ccccc2)c(-c2ccccc2)[nH]1)=N\c1c[n+](N2CCCCC2)no1. The molecule has 0 spiro atoms. The van der Waals surface area contributed by atoms with Gasteiger partial charge in [0.2, 0.25) is 5.27 Å². The van der Waals surface area contributed by atoms with Crippen molar-refractivity contribution in [1.82, 2.24) is 15.2 Å². The van der Waals surface area contributed by atoms with E-state index in [0.717, 1.165) is 48.4 Å². The molecule has 0 atom stereocenters. The Labute approximate surface area is 195 Å². The molecular weight excluding hydrogens is 436 g/mol. The number of aliphatic imine (C=N–C) groups is 1. The lowest BCUT2D eigenvalue weighted by atomic mass is 10.1. The lowest BCUT2D eigenvalue weighted by molar-refractivity contribution is -0.759. The Balaban J connectivity index is 1.31. The van der Waals surface area contributed by atoms with Gasteiger partial charge in [0.1, 0.15) is 0 Å². The van der Waals surface area contributed by atoms with Crippen molar-refractivity contribution in [1.29, 1.82) is 0 Å². The lowest BCUT2D eigenvalue weighted by Crippen LogP contribution is -2.60. The normalized spacial score (nSPS) is 14.5. The number of aromatic amines is 1. The molecule has 1 saturated heterocycles. The Kier molecular flexibility index (Phi) is 6.39. The van der Waals surface area contributed by atoms with E-state index in [1.165, 1.54) is 18.2 Å². The molecule has 9 heteroatoms. The van der Waals surface area contributed by atoms with Gasteiger partial charge in [-0.2, -0.15) is 5.01 Å². The van der Waals surface area contributed by atoms with E-state index in [-0.39, 0.29) is 17.5 Å². The van der Waals surface area contributed by atoms with E-state index in [1.54, 1.807) is 11.0 Å². The number of hydrogen-bond acceptors (Lipinski definition) is 7. The largest absolute Gasteiger partial charge is 0.861 e. The number of hydrogen-bond donors (Lipinski definition) is 1. The molecule has 0 aliphatic carbocycles. The van der Waals surface area contributed by atoms with Gasteiger partial charge in [0.25, 0.3) is 6.20 Å². The summed E-state index contributed by atoms with van der Waals surface area (Å²) in [6.07, 6.45) is 5.14. The van der Waals surface area contributed by atoms with E-state index in [1.807, 2.05) is 60.7 Å². The Morgan fingerprint density at radius 1 is 1.03 bits per heavy atom. The van der Waals surface area contributed by atoms with E-state index in [9.17, 15) is 5.11 Å². The van der Waals surface area contributed by atoms with Crippen LogP contribution in [0.2, 0.25) is 0 Å². The highest BCUT2D eigenvalue weighted by Crippen LogP contribution is 2.32. The zero-order valence-electron chi connectivity index (χ0n) is 18.1. The summed E-state index contributed by atoms with van der Waals surface area (Å²) in [5.41, 5.74) is 3.83. The summed E-state index contributed by atoms with van der Waals surface area (Å²) in [5, 5.41) is 19.2. The summed E-state index contributed by atoms with van der Waals surface area (Å²) in [4.78, 5) is 13.8. The topological polar surface area (TPSA) is 97.2 Å². The van der Waals surface area contributed by atoms with Crippen LogP contribution in [0.5, 0.6) is 0 Å². The van der Waals surface area contributed by atoms with Crippen molar-refractivity contribution < 1.29 is 14.4 Å². The number of imidazole rings is 1. The van der Waals surface area contributed by atoms with Gasteiger partial charge in [-0.05, 0) is 25.2 Å². The summed E-state index contributed by atoms with van der Waals surface area (Å²) in [7, 11) is 0. The van der Waals surface area contributed by atoms with Gasteiger partial charge in [-0.3, -0.25) is 4.52 Å². The molecule has 0 bridgehead atoms. The minimum absolute atomic E-state index is 0.139. The highest BCUT2D eigenvalue weighted by Gasteiger charge is 2.22. The standard InChI is InChI=1S/C24H24N6O2S/c31-20(25-21-16-30(28-32-21)29-14-8-3-9-15-29)17-33-24-26-22(18-10-4-1-5-11-18)23(27-24)19-12-6-2-7-13-19/h1-2,4-7,10-13,16H,3,8-9,14-15,17H2,(H-,25,26,27,28,31). The van der Waals surface area contributed by atoms with Gasteiger partial charge in [-0.15, -0.1) is 0 Å². The molecule has 3 heterocycles. The molecule has 33 heavy (non-hydrogen) atoms. The molecule has 168 valence electrons. The second-order valence-corrected chi connectivity index (χ2v) is 8.73. The van der Waals surface area contributed by atoms with Gasteiger partial charge in [0.05, 0.1) is 29.3 Å². The maximum absolute atomic E-state index is 12.5. The second-order valence-electron chi connectivity index (χ2n) is 7.77. The van der Waals surface area contributed by atoms with Crippen LogP contribution in [0, 0.1) is 0 Å². The maximum atomic E-state index is 12.5. The van der Waals surface area contributed by atoms with Crippen molar-refractivity contribution in [2.45, 2.75) is 24.4 Å². The van der Waals surface area contributed by atoms with Crippen molar-refractivity contribution >= 4 is 23.5 Å². The fourth-order valence-electron chi connectivity index (χ4n) is 3.82. The highest BCUT2D eigenvalue weighted by atomic mass is 32.2. The second kappa shape index (κ2) is 9.91. The van der Waals surface area contributed by atoms with E-state index in [2.05, 4.69) is 20.3 Å². The number of aromatic nitrogens is 4. The first-order chi connectivity index (χ1) is 16.3. The van der Waals surface area contributed by atoms with Crippen LogP contribution in [0.15, 0.2) is 81.5 Å². The Bertz CT molecular complexity index is 1160. The number of rotatable bonds is 7. The summed E-state index contributed by atoms with van der Waals surface area (Å²) >= 11 is 1.32. The Hall–Kier alpha value is -3.59. The number of nitrogens with one attached hydrogen (secondary N) is 1. The van der Waals surface area contributed by atoms with Crippen LogP contribution in [0.3, 0.4) is 0 Å². The third kappa shape index (κ3) is 5.09. The monoisotopic (exact) mass is 460 g/mol. The number of nitrogens with zero attached hydrogens (tertiary/aromatic N) is 5. The molecule has 0 radical (unpaired) electrons. The fraction of sp³-hybridized carbons (Fsp3) is 0.250. The van der Waals surface area contributed by atoms with E-state index < -0.39 is 0 Å². The molecule has 4 aromatic rings. The molecule has 2 aromatic heterocycles. The van der Waals surface area contributed by atoms with Crippen LogP contribution in [-0.4, -0.2) is 40.0 Å². The highest BCUT2D eigenvalue weighted by molar-refractivity contribution is 7.99. The first kappa shape index (κ1) is 21.3. The molecule has 0 saturated carbocycles. The lowest BCUT2D eigenvalue weighted by Gasteiger charge is -2.17. The van der Waals surface area contributed by atoms with Crippen LogP contribution < -0.4 is 14.9 Å². The van der Waals surface area contributed by atoms with Crippen molar-refractivity contribution in [3.05, 3.63) is 66.9 Å². The van der Waals surface area contributed by atoms with Crippen LogP contribution >= 0.6 is 11.8 Å². The maximum Gasteiger partial charge on any atom is 0.324 e. The molecule has 2 aromatic carbocycles. The van der Waals surface area contributed by atoms with Crippen LogP contribution in [0.25, 0.3) is 22.5 Å². The summed E-state index contributed by atoms with van der Waals surface area (Å²) < 4.78 is 5.23. The predicted molar refractivity (Wildman–Crippen MR) is 126 cm³/mol. The van der Waals surface area contributed by atoms with E-state index in [0.29, 0.717) is 5.16 Å². The van der Waals surface area contributed by atoms with Crippen molar-refractivity contribution in [3.8, 4) is 22.5 Å². The zero-order valence-corrected chi connectivity index (χ0v) is 18.9. The average Bonchev–Trinajstić information content (AvgIpc) is 3.52.